The highest BCUT2D eigenvalue weighted by Crippen LogP contribution is 2.07. The van der Waals surface area contributed by atoms with Crippen LogP contribution in [0.5, 0.6) is 0 Å². The number of aliphatic hydroxyl groups is 1. The fourth-order valence-electron chi connectivity index (χ4n) is 1.13. The van der Waals surface area contributed by atoms with E-state index >= 15 is 0 Å². The maximum Gasteiger partial charge on any atom is 0.108 e. The molecule has 2 N–H and O–H groups in total. The fourth-order valence-corrected chi connectivity index (χ4v) is 1.13. The third kappa shape index (κ3) is 1.94. The van der Waals surface area contributed by atoms with Crippen LogP contribution in [0.2, 0.25) is 0 Å². The maximum absolute atomic E-state index is 8.71. The number of nitrogens with one attached hydrogen (secondary N) is 1. The van der Waals surface area contributed by atoms with Gasteiger partial charge in [-0.3, -0.25) is 5.32 Å². The molecule has 1 heterocycles. The van der Waals surface area contributed by atoms with Crippen molar-refractivity contribution in [3.63, 3.8) is 0 Å². The first-order valence-electron chi connectivity index (χ1n) is 3.85. The highest BCUT2D eigenvalue weighted by atomic mass is 16.5. The van der Waals surface area contributed by atoms with Crippen LogP contribution in [0, 0.1) is 0 Å². The zero-order valence-corrected chi connectivity index (χ0v) is 6.34. The lowest BCUT2D eigenvalue weighted by Gasteiger charge is -2.08. The molecule has 1 rings (SSSR count). The van der Waals surface area contributed by atoms with Crippen LogP contribution in [0.15, 0.2) is 0 Å². The summed E-state index contributed by atoms with van der Waals surface area (Å²) in [5.74, 6) is 0. The van der Waals surface area contributed by atoms with Gasteiger partial charge in [0.2, 0.25) is 0 Å². The molecule has 0 bridgehead atoms. The Morgan fingerprint density at radius 1 is 1.70 bits per heavy atom. The van der Waals surface area contributed by atoms with E-state index in [-0.39, 0.29) is 18.9 Å². The Balaban J connectivity index is 2.15. The van der Waals surface area contributed by atoms with E-state index < -0.39 is 0 Å². The predicted octanol–water partition coefficient (Wildman–Crippen LogP) is 0.0933. The van der Waals surface area contributed by atoms with Crippen molar-refractivity contribution in [1.29, 1.82) is 0 Å². The molecule has 0 spiro atoms. The molecule has 0 radical (unpaired) electrons. The van der Waals surface area contributed by atoms with Gasteiger partial charge in [-0.05, 0) is 6.42 Å². The van der Waals surface area contributed by atoms with Crippen LogP contribution in [-0.2, 0) is 4.74 Å². The van der Waals surface area contributed by atoms with Gasteiger partial charge in [0.25, 0.3) is 0 Å². The van der Waals surface area contributed by atoms with Crippen LogP contribution in [0.3, 0.4) is 0 Å². The molecule has 1 aliphatic rings. The Bertz CT molecular complexity index is 97.6. The summed E-state index contributed by atoms with van der Waals surface area (Å²) < 4.78 is 5.33. The Hall–Kier alpha value is -0.120. The number of aliphatic hydroxyl groups excluding tert-OH is 1. The van der Waals surface area contributed by atoms with Gasteiger partial charge in [0.05, 0.1) is 19.3 Å². The van der Waals surface area contributed by atoms with Crippen LogP contribution >= 0.6 is 0 Å². The molecule has 0 aliphatic carbocycles. The second-order valence-corrected chi connectivity index (χ2v) is 2.66. The second-order valence-electron chi connectivity index (χ2n) is 2.66. The minimum atomic E-state index is 0.163. The van der Waals surface area contributed by atoms with Crippen molar-refractivity contribution in [2.75, 3.05) is 13.2 Å². The Morgan fingerprint density at radius 2 is 2.50 bits per heavy atom. The van der Waals surface area contributed by atoms with E-state index in [1.165, 1.54) is 0 Å². The van der Waals surface area contributed by atoms with Gasteiger partial charge in [0.15, 0.2) is 0 Å². The van der Waals surface area contributed by atoms with Crippen molar-refractivity contribution >= 4 is 0 Å². The lowest BCUT2D eigenvalue weighted by Crippen LogP contribution is -2.32. The van der Waals surface area contributed by atoms with E-state index in [0.29, 0.717) is 6.61 Å². The van der Waals surface area contributed by atoms with Crippen molar-refractivity contribution in [2.24, 2.45) is 0 Å². The summed E-state index contributed by atoms with van der Waals surface area (Å²) in [4.78, 5) is 0. The zero-order valence-electron chi connectivity index (χ0n) is 6.34. The van der Waals surface area contributed by atoms with E-state index in [1.54, 1.807) is 0 Å². The predicted molar refractivity (Wildman–Crippen MR) is 38.7 cm³/mol. The minimum Gasteiger partial charge on any atom is -0.395 e. The summed E-state index contributed by atoms with van der Waals surface area (Å²) in [5, 5.41) is 11.9. The van der Waals surface area contributed by atoms with Crippen LogP contribution in [0.25, 0.3) is 0 Å². The van der Waals surface area contributed by atoms with Crippen molar-refractivity contribution in [3.8, 4) is 0 Å². The quantitative estimate of drug-likeness (QED) is 0.591. The molecule has 60 valence electrons. The average Bonchev–Trinajstić information content (AvgIpc) is 2.37. The monoisotopic (exact) mass is 145 g/mol. The molecular weight excluding hydrogens is 130 g/mol. The number of ether oxygens (including phenoxy) is 1. The number of hydrogen-bond donors (Lipinski definition) is 2. The van der Waals surface area contributed by atoms with Crippen LogP contribution in [-0.4, -0.2) is 30.6 Å². The molecule has 1 saturated heterocycles. The summed E-state index contributed by atoms with van der Waals surface area (Å²) >= 11 is 0. The lowest BCUT2D eigenvalue weighted by molar-refractivity contribution is 0.0916. The summed E-state index contributed by atoms with van der Waals surface area (Å²) in [6.07, 6.45) is 2.34. The van der Waals surface area contributed by atoms with Gasteiger partial charge < -0.3 is 9.84 Å². The minimum absolute atomic E-state index is 0.163. The van der Waals surface area contributed by atoms with Gasteiger partial charge >= 0.3 is 0 Å². The van der Waals surface area contributed by atoms with Crippen molar-refractivity contribution in [3.05, 3.63) is 0 Å². The standard InChI is InChI=1S/C7H15NO2/c1-2-3-7-8-6(4-9)5-10-7/h6-9H,2-5H2,1H3. The first-order valence-corrected chi connectivity index (χ1v) is 3.85. The number of hydrogen-bond acceptors (Lipinski definition) is 3. The van der Waals surface area contributed by atoms with Gasteiger partial charge in [-0.2, -0.15) is 0 Å². The SMILES string of the molecule is CCCC1NC(CO)CO1. The molecule has 0 saturated carbocycles. The first kappa shape index (κ1) is 7.98. The molecular formula is C7H15NO2. The first-order chi connectivity index (χ1) is 4.86. The van der Waals surface area contributed by atoms with E-state index in [1.807, 2.05) is 0 Å². The highest BCUT2D eigenvalue weighted by molar-refractivity contribution is 4.74. The number of rotatable bonds is 3. The summed E-state index contributed by atoms with van der Waals surface area (Å²) in [6.45, 7) is 2.96. The molecule has 2 atom stereocenters. The molecule has 0 aromatic rings. The molecule has 0 aromatic heterocycles. The van der Waals surface area contributed by atoms with Crippen LogP contribution in [0.4, 0.5) is 0 Å². The maximum atomic E-state index is 8.71. The average molecular weight is 145 g/mol. The summed E-state index contributed by atoms with van der Waals surface area (Å²) in [7, 11) is 0. The summed E-state index contributed by atoms with van der Waals surface area (Å²) in [5.41, 5.74) is 0. The van der Waals surface area contributed by atoms with Crippen LogP contribution in [0.1, 0.15) is 19.8 Å². The molecule has 0 amide bonds. The smallest absolute Gasteiger partial charge is 0.108 e. The van der Waals surface area contributed by atoms with Crippen molar-refractivity contribution in [1.82, 2.24) is 5.32 Å². The van der Waals surface area contributed by atoms with Crippen LogP contribution < -0.4 is 5.32 Å². The van der Waals surface area contributed by atoms with E-state index in [9.17, 15) is 0 Å². The fraction of sp³-hybridized carbons (Fsp3) is 1.00. The second kappa shape index (κ2) is 3.91. The van der Waals surface area contributed by atoms with Gasteiger partial charge in [-0.1, -0.05) is 13.3 Å². The molecule has 0 aromatic carbocycles. The normalized spacial score (nSPS) is 33.0. The van der Waals surface area contributed by atoms with E-state index in [2.05, 4.69) is 12.2 Å². The van der Waals surface area contributed by atoms with Gasteiger partial charge in [-0.15, -0.1) is 0 Å². The third-order valence-electron chi connectivity index (χ3n) is 1.69. The molecule has 1 fully saturated rings. The Kier molecular flexibility index (Phi) is 3.12. The molecule has 3 nitrogen and oxygen atoms in total. The molecule has 3 heteroatoms. The molecule has 1 aliphatic heterocycles. The Labute approximate surface area is 61.4 Å². The largest absolute Gasteiger partial charge is 0.395 e. The highest BCUT2D eigenvalue weighted by Gasteiger charge is 2.21. The Morgan fingerprint density at radius 3 is 3.00 bits per heavy atom. The van der Waals surface area contributed by atoms with Crippen molar-refractivity contribution < 1.29 is 9.84 Å². The lowest BCUT2D eigenvalue weighted by atomic mass is 10.3. The summed E-state index contributed by atoms with van der Waals surface area (Å²) in [6, 6.07) is 0.163. The van der Waals surface area contributed by atoms with Crippen molar-refractivity contribution in [2.45, 2.75) is 32.0 Å². The zero-order chi connectivity index (χ0) is 7.40. The molecule has 2 unspecified atom stereocenters. The van der Waals surface area contributed by atoms with E-state index in [0.717, 1.165) is 12.8 Å². The molecule has 10 heavy (non-hydrogen) atoms. The van der Waals surface area contributed by atoms with Gasteiger partial charge in [-0.25, -0.2) is 0 Å². The van der Waals surface area contributed by atoms with E-state index in [4.69, 9.17) is 9.84 Å². The van der Waals surface area contributed by atoms with Gasteiger partial charge in [0, 0.05) is 0 Å². The van der Waals surface area contributed by atoms with Gasteiger partial charge in [0.1, 0.15) is 6.23 Å². The third-order valence-corrected chi connectivity index (χ3v) is 1.69. The topological polar surface area (TPSA) is 41.5 Å².